The molecule has 18 fully saturated rings. The average molecular weight is 1540 g/mol. The van der Waals surface area contributed by atoms with Gasteiger partial charge in [0.15, 0.2) is 0 Å². The molecule has 18 saturated carbocycles. The molecule has 12 atom stereocenters. The van der Waals surface area contributed by atoms with Crippen LogP contribution in [-0.2, 0) is 88.1 Å². The highest BCUT2D eigenvalue weighted by atomic mass is 32.2. The van der Waals surface area contributed by atoms with E-state index in [9.17, 15) is 54.2 Å². The van der Waals surface area contributed by atoms with Gasteiger partial charge in [-0.1, -0.05) is 94.2 Å². The quantitative estimate of drug-likeness (QED) is 0.0711. The minimum absolute atomic E-state index is 0.0359. The summed E-state index contributed by atoms with van der Waals surface area (Å²) in [6.07, 6.45) is 55.5. The lowest BCUT2D eigenvalue weighted by Crippen LogP contribution is -2.34. The minimum Gasteiger partial charge on any atom is -0.744 e. The average Bonchev–Trinajstić information content (AvgIpc) is 1.11. The van der Waals surface area contributed by atoms with Crippen molar-refractivity contribution >= 4 is 30.4 Å². The molecule has 12 nitrogen and oxygen atoms in total. The molecule has 18 aliphatic rings. The van der Waals surface area contributed by atoms with Gasteiger partial charge in [-0.2, -0.15) is 0 Å². The van der Waals surface area contributed by atoms with Crippen LogP contribution < -0.4 is 0 Å². The maximum Gasteiger partial charge on any atom is 0.124 e. The molecule has 3 aromatic rings. The van der Waals surface area contributed by atoms with Crippen molar-refractivity contribution in [3.8, 4) is 0 Å². The van der Waals surface area contributed by atoms with E-state index in [2.05, 4.69) is 24.3 Å². The van der Waals surface area contributed by atoms with Gasteiger partial charge in [0, 0.05) is 19.8 Å². The van der Waals surface area contributed by atoms with Gasteiger partial charge < -0.3 is 29.0 Å². The molecule has 0 heterocycles. The molecule has 21 rings (SSSR count). The van der Waals surface area contributed by atoms with Crippen LogP contribution in [0.25, 0.3) is 0 Å². The molecule has 0 spiro atoms. The highest BCUT2D eigenvalue weighted by Gasteiger charge is 2.45. The van der Waals surface area contributed by atoms with Crippen LogP contribution in [0.2, 0.25) is 0 Å². The molecular weight excluding hydrogens is 1410 g/mol. The number of hydrogen-bond acceptors (Lipinski definition) is 12. The Balaban J connectivity index is 0.000000124. The number of benzene rings is 3. The predicted molar refractivity (Wildman–Crippen MR) is 422 cm³/mol. The van der Waals surface area contributed by atoms with Crippen LogP contribution in [-0.4, -0.2) is 74.1 Å². The van der Waals surface area contributed by atoms with Crippen LogP contribution in [0, 0.1) is 142 Å². The van der Waals surface area contributed by atoms with Crippen molar-refractivity contribution in [2.45, 2.75) is 323 Å². The summed E-state index contributed by atoms with van der Waals surface area (Å²) in [7, 11) is -13.6. The zero-order chi connectivity index (χ0) is 74.6. The summed E-state index contributed by atoms with van der Waals surface area (Å²) in [5, 5.41) is 28.5. The summed E-state index contributed by atoms with van der Waals surface area (Å²) in [6.45, 7) is 0.682. The highest BCUT2D eigenvalue weighted by Crippen LogP contribution is 2.56. The van der Waals surface area contributed by atoms with Crippen molar-refractivity contribution < 1.29 is 54.2 Å². The first kappa shape index (κ1) is 79.1. The molecular formula is C93H135O12S3-3. The number of rotatable bonds is 24. The molecule has 3 aromatic carbocycles. The lowest BCUT2D eigenvalue weighted by molar-refractivity contribution is 0.0964. The van der Waals surface area contributed by atoms with Crippen LogP contribution in [0.4, 0.5) is 0 Å². The van der Waals surface area contributed by atoms with Gasteiger partial charge >= 0.3 is 0 Å². The number of fused-ring (bicyclic) bond motifs is 15. The molecule has 0 aromatic heterocycles. The molecule has 0 radical (unpaired) electrons. The number of aliphatic hydroxyl groups is 3. The molecule has 12 bridgehead atoms. The zero-order valence-electron chi connectivity index (χ0n) is 65.6. The summed E-state index contributed by atoms with van der Waals surface area (Å²) in [4.78, 5) is 0.452. The largest absolute Gasteiger partial charge is 0.744 e. The third kappa shape index (κ3) is 18.7. The molecule has 600 valence electrons. The fourth-order valence-electron chi connectivity index (χ4n) is 28.4. The Kier molecular flexibility index (Phi) is 25.1. The van der Waals surface area contributed by atoms with E-state index in [0.29, 0.717) is 83.1 Å². The van der Waals surface area contributed by atoms with E-state index in [-0.39, 0.29) is 34.5 Å². The lowest BCUT2D eigenvalue weighted by Gasteiger charge is -2.44. The van der Waals surface area contributed by atoms with E-state index < -0.39 is 30.4 Å². The summed E-state index contributed by atoms with van der Waals surface area (Å²) in [6, 6.07) is 12.8. The first-order valence-electron chi connectivity index (χ1n) is 45.2. The molecule has 0 saturated heterocycles. The molecule has 0 amide bonds. The third-order valence-electron chi connectivity index (χ3n) is 34.0. The Morgan fingerprint density at radius 2 is 0.435 bits per heavy atom. The van der Waals surface area contributed by atoms with E-state index in [0.717, 1.165) is 233 Å². The van der Waals surface area contributed by atoms with Crippen molar-refractivity contribution in [2.75, 3.05) is 19.8 Å². The van der Waals surface area contributed by atoms with Gasteiger partial charge in [-0.05, 0) is 443 Å². The van der Waals surface area contributed by atoms with Crippen LogP contribution in [0.15, 0.2) is 51.1 Å². The maximum atomic E-state index is 12.9. The summed E-state index contributed by atoms with van der Waals surface area (Å²) in [5.41, 5.74) is 8.85. The fourth-order valence-corrected chi connectivity index (χ4v) is 31.2. The van der Waals surface area contributed by atoms with Crippen molar-refractivity contribution in [2.24, 2.45) is 142 Å². The third-order valence-corrected chi connectivity index (χ3v) is 37.1. The maximum absolute atomic E-state index is 12.9. The second-order valence-electron chi connectivity index (χ2n) is 40.8. The lowest BCUT2D eigenvalue weighted by atomic mass is 9.62. The first-order valence-corrected chi connectivity index (χ1v) is 49.4. The van der Waals surface area contributed by atoms with E-state index in [1.165, 1.54) is 184 Å². The SMILES string of the molecule is O=S(=O)([O-])c1c(CC2CC3CCC2C3)cc(CC2CC3CCC2C3)cc1CC1CC2CCC1C2.O=S(=O)([O-])c1c(CC2CC3CCC2CC3)cc(CC2CC3CCC2CC3)cc1CC1CC2CCC1CC2.O=S(=O)([O-])c1c(CC2CCC(CO)CC2)cc(CC2CCC(CO)CC2)cc1CC1CCC(CO)CC1. The first-order chi connectivity index (χ1) is 52.1. The topological polar surface area (TPSA) is 232 Å². The van der Waals surface area contributed by atoms with Crippen LogP contribution in [0.1, 0.15) is 300 Å². The Hall–Kier alpha value is -2.73. The van der Waals surface area contributed by atoms with Gasteiger partial charge in [0.05, 0.1) is 14.7 Å². The molecule has 12 unspecified atom stereocenters. The van der Waals surface area contributed by atoms with Gasteiger partial charge in [0.2, 0.25) is 0 Å². The smallest absolute Gasteiger partial charge is 0.124 e. The summed E-state index contributed by atoms with van der Waals surface area (Å²) < 4.78 is 115. The van der Waals surface area contributed by atoms with Crippen LogP contribution in [0.3, 0.4) is 0 Å². The normalized spacial score (nSPS) is 38.1. The van der Waals surface area contributed by atoms with Crippen molar-refractivity contribution in [1.82, 2.24) is 0 Å². The fraction of sp³-hybridized carbons (Fsp3) is 0.806. The summed E-state index contributed by atoms with van der Waals surface area (Å²) >= 11 is 0. The van der Waals surface area contributed by atoms with E-state index in [1.807, 2.05) is 12.1 Å². The highest BCUT2D eigenvalue weighted by molar-refractivity contribution is 7.86. The van der Waals surface area contributed by atoms with E-state index in [4.69, 9.17) is 0 Å². The Bertz CT molecular complexity index is 3740. The molecule has 15 heteroatoms. The molecule has 0 aliphatic heterocycles. The second kappa shape index (κ2) is 34.2. The Morgan fingerprint density at radius 3 is 0.667 bits per heavy atom. The zero-order valence-corrected chi connectivity index (χ0v) is 68.1. The predicted octanol–water partition coefficient (Wildman–Crippen LogP) is 18.8. The van der Waals surface area contributed by atoms with E-state index in [1.54, 1.807) is 0 Å². The van der Waals surface area contributed by atoms with Crippen molar-refractivity contribution in [3.63, 3.8) is 0 Å². The number of aliphatic hydroxyl groups excluding tert-OH is 3. The van der Waals surface area contributed by atoms with Gasteiger partial charge in [0.25, 0.3) is 0 Å². The van der Waals surface area contributed by atoms with Crippen molar-refractivity contribution in [1.29, 1.82) is 0 Å². The van der Waals surface area contributed by atoms with Crippen molar-refractivity contribution in [3.05, 3.63) is 86.5 Å². The standard InChI is InChI=1S/C33H48O3S.C30H48O6S.C30H42O3S/c34-37(35,36)33-31(19-29-14-22-3-9-26(29)10-4-22)17-24(16-28-13-21-1-7-25(28)8-2-21)18-32(33)20-30-15-23-5-11-27(30)12-6-23;31-18-24-7-1-21(2-8-24)13-27-16-28(14-22-3-9-25(19-32)10-4-22)30(37(34,35)36)29(17-27)15-23-5-11-26(20-33)12-6-23;31-34(32,33)30-28(16-26-11-19-2-5-23(26)8-19)14-21(13-25-10-18-1-4-22(25)7-18)15-29(30)17-27-12-20-3-6-24(27)9-20/h17-18,21-23,25-30H,1-16,19-20H2,(H,34,35,36);16-17,21-26,31-33H,1-15,18-20H2,(H,34,35,36);14-15,18-20,22-27H,1-13,16-17H2,(H,31,32,33)/p-3. The van der Waals surface area contributed by atoms with Gasteiger partial charge in [-0.15, -0.1) is 0 Å². The van der Waals surface area contributed by atoms with Gasteiger partial charge in [-0.3, -0.25) is 0 Å². The Labute approximate surface area is 651 Å². The minimum atomic E-state index is -4.61. The molecule has 18 aliphatic carbocycles. The Morgan fingerprint density at radius 1 is 0.231 bits per heavy atom. The monoisotopic (exact) mass is 1540 g/mol. The second-order valence-corrected chi connectivity index (χ2v) is 44.7. The van der Waals surface area contributed by atoms with Crippen LogP contribution in [0.5, 0.6) is 0 Å². The summed E-state index contributed by atoms with van der Waals surface area (Å²) in [5.74, 6) is 15.9. The number of hydrogen-bond donors (Lipinski definition) is 3. The molecule has 3 N–H and O–H groups in total. The van der Waals surface area contributed by atoms with Crippen LogP contribution >= 0.6 is 0 Å². The van der Waals surface area contributed by atoms with Gasteiger partial charge in [0.1, 0.15) is 30.4 Å². The van der Waals surface area contributed by atoms with Gasteiger partial charge in [-0.25, -0.2) is 25.3 Å². The van der Waals surface area contributed by atoms with E-state index >= 15 is 0 Å². The molecule has 108 heavy (non-hydrogen) atoms.